The monoisotopic (exact) mass is 746 g/mol. The van der Waals surface area contributed by atoms with Crippen LogP contribution in [0.4, 0.5) is 0 Å². The second-order valence-corrected chi connectivity index (χ2v) is 15.9. The average molecular weight is 747 g/mol. The van der Waals surface area contributed by atoms with Crippen molar-refractivity contribution in [1.82, 2.24) is 9.88 Å². The zero-order valence-corrected chi connectivity index (χ0v) is 32.2. The van der Waals surface area contributed by atoms with Crippen LogP contribution in [0.25, 0.3) is 82.4 Å². The standard InChI is InChI=1S/C53H38N4O/c1-32-16-15-26-42-47-49(57(48(32)42)53(2)55-51(33-17-5-3-6-18-33)54-52(56-53)34-19-7-4-8-20-34)43(31-45-41-25-13-14-27-46(41)58-50(45)47)35-28-29-40-38-23-10-9-21-36(38)37-22-11-12-24-39(37)44(40)30-35/h3-15,17-32H,16H2,1-2H3,(H,54,55,56). The van der Waals surface area contributed by atoms with Crippen molar-refractivity contribution in [2.24, 2.45) is 9.98 Å². The van der Waals surface area contributed by atoms with Gasteiger partial charge < -0.3 is 14.3 Å². The number of benzene rings is 8. The van der Waals surface area contributed by atoms with Crippen LogP contribution in [0.1, 0.15) is 48.6 Å². The van der Waals surface area contributed by atoms with Gasteiger partial charge in [0.1, 0.15) is 17.0 Å². The molecule has 0 bridgehead atoms. The number of nitrogens with one attached hydrogen (secondary N) is 1. The van der Waals surface area contributed by atoms with E-state index in [9.17, 15) is 0 Å². The van der Waals surface area contributed by atoms with Gasteiger partial charge in [0, 0.05) is 44.6 Å². The van der Waals surface area contributed by atoms with Gasteiger partial charge in [-0.1, -0.05) is 159 Å². The first-order chi connectivity index (χ1) is 28.5. The number of amidine groups is 2. The molecule has 0 fully saturated rings. The Morgan fingerprint density at radius 3 is 1.93 bits per heavy atom. The third-order valence-corrected chi connectivity index (χ3v) is 12.4. The van der Waals surface area contributed by atoms with Crippen molar-refractivity contribution in [3.8, 4) is 11.1 Å². The molecule has 1 unspecified atom stereocenters. The lowest BCUT2D eigenvalue weighted by atomic mass is 9.90. The minimum absolute atomic E-state index is 0.208. The van der Waals surface area contributed by atoms with Gasteiger partial charge in [-0.15, -0.1) is 0 Å². The van der Waals surface area contributed by atoms with Crippen LogP contribution in [-0.4, -0.2) is 16.2 Å². The predicted molar refractivity (Wildman–Crippen MR) is 242 cm³/mol. The van der Waals surface area contributed by atoms with E-state index in [4.69, 9.17) is 14.4 Å². The summed E-state index contributed by atoms with van der Waals surface area (Å²) >= 11 is 0. The molecular weight excluding hydrogens is 709 g/mol. The molecular formula is C53H38N4O. The van der Waals surface area contributed by atoms with E-state index in [0.29, 0.717) is 5.84 Å². The highest BCUT2D eigenvalue weighted by Crippen LogP contribution is 2.49. The number of hydrogen-bond acceptors (Lipinski definition) is 4. The van der Waals surface area contributed by atoms with E-state index in [1.165, 1.54) is 43.6 Å². The summed E-state index contributed by atoms with van der Waals surface area (Å²) in [5.41, 5.74) is 9.51. The number of rotatable bonds is 4. The maximum atomic E-state index is 6.92. The Morgan fingerprint density at radius 1 is 0.621 bits per heavy atom. The van der Waals surface area contributed by atoms with Crippen molar-refractivity contribution in [2.45, 2.75) is 32.0 Å². The van der Waals surface area contributed by atoms with Crippen molar-refractivity contribution in [2.75, 3.05) is 0 Å². The fourth-order valence-electron chi connectivity index (χ4n) is 9.78. The highest BCUT2D eigenvalue weighted by atomic mass is 16.3. The van der Waals surface area contributed by atoms with Crippen LogP contribution in [0, 0.1) is 0 Å². The fourth-order valence-corrected chi connectivity index (χ4v) is 9.78. The van der Waals surface area contributed by atoms with Crippen LogP contribution in [0.15, 0.2) is 178 Å². The number of para-hydroxylation sites is 1. The molecule has 1 N–H and O–H groups in total. The number of aliphatic imine (C=N–C) groups is 2. The highest BCUT2D eigenvalue weighted by molar-refractivity contribution is 6.27. The number of furan rings is 1. The summed E-state index contributed by atoms with van der Waals surface area (Å²) in [4.78, 5) is 10.8. The number of allylic oxidation sites excluding steroid dienone is 1. The van der Waals surface area contributed by atoms with E-state index in [1.807, 2.05) is 12.1 Å². The van der Waals surface area contributed by atoms with Gasteiger partial charge in [0.15, 0.2) is 5.84 Å². The van der Waals surface area contributed by atoms with E-state index in [0.717, 1.165) is 67.4 Å². The molecule has 0 saturated carbocycles. The van der Waals surface area contributed by atoms with Gasteiger partial charge in [0.05, 0.1) is 10.9 Å². The second-order valence-electron chi connectivity index (χ2n) is 15.9. The molecule has 2 aromatic heterocycles. The van der Waals surface area contributed by atoms with Gasteiger partial charge in [-0.05, 0) is 69.4 Å². The summed E-state index contributed by atoms with van der Waals surface area (Å²) in [6.07, 6.45) is 5.55. The molecule has 276 valence electrons. The molecule has 5 heteroatoms. The number of hydrogen-bond donors (Lipinski definition) is 1. The summed E-state index contributed by atoms with van der Waals surface area (Å²) in [5, 5.41) is 14.8. The first-order valence-electron chi connectivity index (χ1n) is 20.1. The van der Waals surface area contributed by atoms with E-state index in [2.05, 4.69) is 181 Å². The molecule has 12 rings (SSSR count). The smallest absolute Gasteiger partial charge is 0.212 e. The van der Waals surface area contributed by atoms with Gasteiger partial charge in [-0.25, -0.2) is 9.98 Å². The lowest BCUT2D eigenvalue weighted by Crippen LogP contribution is -2.51. The summed E-state index contributed by atoms with van der Waals surface area (Å²) in [6.45, 7) is 4.53. The topological polar surface area (TPSA) is 54.8 Å². The largest absolute Gasteiger partial charge is 0.455 e. The Labute approximate surface area is 335 Å². The predicted octanol–water partition coefficient (Wildman–Crippen LogP) is 13.3. The van der Waals surface area contributed by atoms with Crippen molar-refractivity contribution in [3.63, 3.8) is 0 Å². The molecule has 0 radical (unpaired) electrons. The first kappa shape index (κ1) is 33.0. The van der Waals surface area contributed by atoms with E-state index >= 15 is 0 Å². The molecule has 5 nitrogen and oxygen atoms in total. The Balaban J connectivity index is 1.23. The van der Waals surface area contributed by atoms with Crippen molar-refractivity contribution >= 4 is 82.9 Å². The average Bonchev–Trinajstić information content (AvgIpc) is 3.84. The Hall–Kier alpha value is -7.24. The molecule has 0 spiro atoms. The molecule has 8 aromatic carbocycles. The minimum Gasteiger partial charge on any atom is -0.455 e. The Morgan fingerprint density at radius 2 is 1.22 bits per heavy atom. The maximum Gasteiger partial charge on any atom is 0.212 e. The molecule has 58 heavy (non-hydrogen) atoms. The number of nitrogens with zero attached hydrogens (tertiary/aromatic N) is 3. The zero-order chi connectivity index (χ0) is 38.5. The molecule has 2 aliphatic rings. The molecule has 0 saturated heterocycles. The quantitative estimate of drug-likeness (QED) is 0.182. The molecule has 0 amide bonds. The van der Waals surface area contributed by atoms with Crippen LogP contribution in [0.2, 0.25) is 0 Å². The molecule has 1 aliphatic heterocycles. The van der Waals surface area contributed by atoms with Crippen molar-refractivity contribution in [1.29, 1.82) is 0 Å². The minimum atomic E-state index is -0.975. The lowest BCUT2D eigenvalue weighted by molar-refractivity contribution is 0.300. The van der Waals surface area contributed by atoms with Crippen LogP contribution < -0.4 is 5.32 Å². The van der Waals surface area contributed by atoms with Gasteiger partial charge in [0.2, 0.25) is 5.79 Å². The summed E-state index contributed by atoms with van der Waals surface area (Å²) < 4.78 is 9.40. The van der Waals surface area contributed by atoms with Gasteiger partial charge >= 0.3 is 0 Å². The summed E-state index contributed by atoms with van der Waals surface area (Å²) in [6, 6.07) is 56.2. The lowest BCUT2D eigenvalue weighted by Gasteiger charge is -2.37. The highest BCUT2D eigenvalue weighted by Gasteiger charge is 2.39. The number of fused-ring (bicyclic) bond motifs is 13. The molecule has 3 heterocycles. The van der Waals surface area contributed by atoms with Crippen molar-refractivity contribution in [3.05, 3.63) is 186 Å². The number of aromatic nitrogens is 1. The van der Waals surface area contributed by atoms with Gasteiger partial charge in [0.25, 0.3) is 0 Å². The summed E-state index contributed by atoms with van der Waals surface area (Å²) in [5.74, 6) is 0.699. The molecule has 1 aliphatic carbocycles. The van der Waals surface area contributed by atoms with E-state index < -0.39 is 5.79 Å². The second kappa shape index (κ2) is 12.4. The fraction of sp³-hybridized carbons (Fsp3) is 0.0943. The van der Waals surface area contributed by atoms with Gasteiger partial charge in [-0.3, -0.25) is 0 Å². The molecule has 10 aromatic rings. The third-order valence-electron chi connectivity index (χ3n) is 12.4. The zero-order valence-electron chi connectivity index (χ0n) is 32.2. The van der Waals surface area contributed by atoms with E-state index in [1.54, 1.807) is 0 Å². The van der Waals surface area contributed by atoms with E-state index in [-0.39, 0.29) is 5.92 Å². The third kappa shape index (κ3) is 4.77. The van der Waals surface area contributed by atoms with Crippen LogP contribution in [0.5, 0.6) is 0 Å². The first-order valence-corrected chi connectivity index (χ1v) is 20.1. The normalized spacial score (nSPS) is 17.9. The maximum absolute atomic E-state index is 6.92. The van der Waals surface area contributed by atoms with Crippen molar-refractivity contribution < 1.29 is 4.42 Å². The van der Waals surface area contributed by atoms with Gasteiger partial charge in [-0.2, -0.15) is 0 Å². The Bertz CT molecular complexity index is 3390. The van der Waals surface area contributed by atoms with Crippen LogP contribution in [0.3, 0.4) is 0 Å². The SMILES string of the molecule is CC1CC=Cc2c1n([C@]1(C)N=C(c3ccccc3)N=C(c3ccccc3)N1)c1c(-c3ccc4c5ccccc5c5ccccc5c4c3)cc3c4ccccc4oc3c21. The Kier molecular flexibility index (Phi) is 7.03. The molecule has 2 atom stereocenters. The summed E-state index contributed by atoms with van der Waals surface area (Å²) in [7, 11) is 0. The van der Waals surface area contributed by atoms with Crippen LogP contribution in [-0.2, 0) is 5.79 Å². The van der Waals surface area contributed by atoms with Crippen LogP contribution >= 0.6 is 0 Å².